The molecule has 0 unspecified atom stereocenters. The lowest BCUT2D eigenvalue weighted by Gasteiger charge is -2.21. The highest BCUT2D eigenvalue weighted by atomic mass is 16.4. The fourth-order valence-electron chi connectivity index (χ4n) is 2.85. The van der Waals surface area contributed by atoms with Gasteiger partial charge in [-0.15, -0.1) is 0 Å². The number of aromatic nitrogens is 2. The first-order chi connectivity index (χ1) is 14.1. The highest BCUT2D eigenvalue weighted by Gasteiger charge is 2.22. The van der Waals surface area contributed by atoms with E-state index < -0.39 is 11.9 Å². The Labute approximate surface area is 165 Å². The molecule has 0 radical (unpaired) electrons. The van der Waals surface area contributed by atoms with Crippen LogP contribution in [0, 0.1) is 0 Å². The second-order valence-corrected chi connectivity index (χ2v) is 6.46. The summed E-state index contributed by atoms with van der Waals surface area (Å²) in [5, 5.41) is 11.7. The Morgan fingerprint density at radius 3 is 2.59 bits per heavy atom. The van der Waals surface area contributed by atoms with Gasteiger partial charge in [0.25, 0.3) is 5.89 Å². The van der Waals surface area contributed by atoms with Gasteiger partial charge in [0.15, 0.2) is 0 Å². The Morgan fingerprint density at radius 2 is 1.86 bits per heavy atom. The summed E-state index contributed by atoms with van der Waals surface area (Å²) in [5.41, 5.74) is 2.66. The van der Waals surface area contributed by atoms with Gasteiger partial charge in [-0.2, -0.15) is 0 Å². The molecule has 9 heteroatoms. The van der Waals surface area contributed by atoms with E-state index in [0.29, 0.717) is 31.2 Å². The van der Waals surface area contributed by atoms with Crippen molar-refractivity contribution >= 4 is 24.1 Å². The van der Waals surface area contributed by atoms with E-state index in [4.69, 9.17) is 9.52 Å². The molecule has 2 N–H and O–H groups in total. The van der Waals surface area contributed by atoms with E-state index in [1.807, 2.05) is 17.0 Å². The molecular weight excluding hydrogens is 374 g/mol. The predicted octanol–water partition coefficient (Wildman–Crippen LogP) is 2.37. The van der Waals surface area contributed by atoms with Gasteiger partial charge >= 0.3 is 11.9 Å². The number of benzene rings is 1. The van der Waals surface area contributed by atoms with Crippen molar-refractivity contribution in [1.29, 1.82) is 0 Å². The summed E-state index contributed by atoms with van der Waals surface area (Å²) in [7, 11) is 0. The number of carbonyl (C=O) groups excluding carboxylic acids is 1. The molecule has 4 rings (SSSR count). The van der Waals surface area contributed by atoms with Crippen molar-refractivity contribution < 1.29 is 19.1 Å². The maximum absolute atomic E-state index is 12.3. The van der Waals surface area contributed by atoms with Crippen molar-refractivity contribution in [3.8, 4) is 0 Å². The van der Waals surface area contributed by atoms with Crippen molar-refractivity contribution in [3.63, 3.8) is 0 Å². The molecule has 3 aromatic rings. The van der Waals surface area contributed by atoms with Crippen molar-refractivity contribution in [2.45, 2.75) is 19.6 Å². The number of pyridine rings is 1. The Bertz CT molecular complexity index is 1060. The van der Waals surface area contributed by atoms with Crippen molar-refractivity contribution in [1.82, 2.24) is 20.2 Å². The second-order valence-electron chi connectivity index (χ2n) is 6.46. The molecular formula is C20H17N5O4. The molecule has 0 atom stereocenters. The van der Waals surface area contributed by atoms with Gasteiger partial charge in [0.1, 0.15) is 5.69 Å². The maximum Gasteiger partial charge on any atom is 0.335 e. The molecule has 1 aromatic carbocycles. The molecule has 0 saturated heterocycles. The first-order valence-corrected chi connectivity index (χ1v) is 8.86. The van der Waals surface area contributed by atoms with Crippen molar-refractivity contribution in [3.05, 3.63) is 77.1 Å². The number of aliphatic imine (C=N–C) groups is 1. The molecule has 1 aliphatic rings. The van der Waals surface area contributed by atoms with E-state index in [-0.39, 0.29) is 11.5 Å². The Morgan fingerprint density at radius 1 is 1.10 bits per heavy atom. The molecule has 146 valence electrons. The lowest BCUT2D eigenvalue weighted by Crippen LogP contribution is -2.24. The van der Waals surface area contributed by atoms with Gasteiger partial charge < -0.3 is 19.7 Å². The van der Waals surface area contributed by atoms with Crippen LogP contribution in [0.25, 0.3) is 0 Å². The summed E-state index contributed by atoms with van der Waals surface area (Å²) in [4.78, 5) is 37.6. The van der Waals surface area contributed by atoms with Crippen LogP contribution in [0.15, 0.2) is 58.2 Å². The smallest absolute Gasteiger partial charge is 0.335 e. The van der Waals surface area contributed by atoms with Gasteiger partial charge in [0.2, 0.25) is 5.88 Å². The minimum absolute atomic E-state index is 0.0335. The predicted molar refractivity (Wildman–Crippen MR) is 103 cm³/mol. The summed E-state index contributed by atoms with van der Waals surface area (Å²) < 4.78 is 5.47. The zero-order valence-electron chi connectivity index (χ0n) is 15.3. The molecule has 1 aliphatic heterocycles. The highest BCUT2D eigenvalue weighted by molar-refractivity contribution is 5.90. The summed E-state index contributed by atoms with van der Waals surface area (Å²) in [5.74, 6) is -1.09. The second kappa shape index (κ2) is 7.93. The number of hydrogen-bond donors (Lipinski definition) is 2. The first-order valence-electron chi connectivity index (χ1n) is 8.86. The lowest BCUT2D eigenvalue weighted by atomic mass is 10.1. The molecule has 2 aromatic heterocycles. The number of aromatic carboxylic acids is 1. The number of nitrogens with one attached hydrogen (secondary N) is 1. The summed E-state index contributed by atoms with van der Waals surface area (Å²) in [6.07, 6.45) is 4.94. The zero-order valence-corrected chi connectivity index (χ0v) is 15.3. The number of fused-ring (bicyclic) bond motifs is 1. The third-order valence-electron chi connectivity index (χ3n) is 4.35. The minimum Gasteiger partial charge on any atom is -0.478 e. The number of carbonyl (C=O) groups is 2. The zero-order chi connectivity index (χ0) is 20.2. The van der Waals surface area contributed by atoms with Crippen LogP contribution >= 0.6 is 0 Å². The van der Waals surface area contributed by atoms with Crippen LogP contribution in [0.4, 0.5) is 5.88 Å². The van der Waals surface area contributed by atoms with E-state index in [9.17, 15) is 9.59 Å². The molecule has 0 saturated carbocycles. The lowest BCUT2D eigenvalue weighted by molar-refractivity contribution is 0.0696. The van der Waals surface area contributed by atoms with Crippen LogP contribution in [-0.2, 0) is 19.6 Å². The normalized spacial score (nSPS) is 12.5. The number of amides is 1. The summed E-state index contributed by atoms with van der Waals surface area (Å²) >= 11 is 0. The molecule has 9 nitrogen and oxygen atoms in total. The average molecular weight is 391 g/mol. The highest BCUT2D eigenvalue weighted by Crippen LogP contribution is 2.26. The van der Waals surface area contributed by atoms with Gasteiger partial charge in [-0.05, 0) is 35.4 Å². The maximum atomic E-state index is 12.3. The van der Waals surface area contributed by atoms with Crippen LogP contribution in [0.3, 0.4) is 0 Å². The SMILES string of the molecule is O=C(O)c1ccc(CN2C=Nc3oc(C(=O)NCc4ccncc4)nc3C2)cc1. The fraction of sp³-hybridized carbons (Fsp3) is 0.150. The number of oxazole rings is 1. The molecule has 0 spiro atoms. The number of hydrogen-bond acceptors (Lipinski definition) is 7. The Hall–Kier alpha value is -4.01. The van der Waals surface area contributed by atoms with Crippen LogP contribution in [-0.4, -0.2) is 38.2 Å². The van der Waals surface area contributed by atoms with Gasteiger partial charge in [-0.25, -0.2) is 14.8 Å². The number of carboxylic acid groups (broad SMARTS) is 1. The van der Waals surface area contributed by atoms with Gasteiger partial charge in [0.05, 0.1) is 18.4 Å². The summed E-state index contributed by atoms with van der Waals surface area (Å²) in [6.45, 7) is 1.30. The van der Waals surface area contributed by atoms with Gasteiger partial charge in [0, 0.05) is 25.5 Å². The summed E-state index contributed by atoms with van der Waals surface area (Å²) in [6, 6.07) is 10.3. The topological polar surface area (TPSA) is 121 Å². The van der Waals surface area contributed by atoms with Crippen molar-refractivity contribution in [2.24, 2.45) is 4.99 Å². The monoisotopic (exact) mass is 391 g/mol. The van der Waals surface area contributed by atoms with Crippen LogP contribution in [0.5, 0.6) is 0 Å². The van der Waals surface area contributed by atoms with E-state index in [0.717, 1.165) is 11.1 Å². The third-order valence-corrected chi connectivity index (χ3v) is 4.35. The Balaban J connectivity index is 1.38. The van der Waals surface area contributed by atoms with Crippen LogP contribution in [0.1, 0.15) is 37.9 Å². The van der Waals surface area contributed by atoms with E-state index in [2.05, 4.69) is 20.3 Å². The van der Waals surface area contributed by atoms with Gasteiger partial charge in [-0.1, -0.05) is 12.1 Å². The minimum atomic E-state index is -0.960. The van der Waals surface area contributed by atoms with E-state index in [1.165, 1.54) is 0 Å². The standard InChI is InChI=1S/C20H17N5O4/c26-17(22-9-13-5-7-21-8-6-13)19-24-16-11-25(12-23-18(16)29-19)10-14-1-3-15(4-2-14)20(27)28/h1-8,12H,9-11H2,(H,22,26)(H,27,28). The molecule has 1 amide bonds. The molecule has 0 aliphatic carbocycles. The van der Waals surface area contributed by atoms with Gasteiger partial charge in [-0.3, -0.25) is 9.78 Å². The fourth-order valence-corrected chi connectivity index (χ4v) is 2.85. The average Bonchev–Trinajstić information content (AvgIpc) is 3.17. The third kappa shape index (κ3) is 4.29. The van der Waals surface area contributed by atoms with Crippen LogP contribution in [0.2, 0.25) is 0 Å². The van der Waals surface area contributed by atoms with E-state index >= 15 is 0 Å². The Kier molecular flexibility index (Phi) is 5.02. The molecule has 0 bridgehead atoms. The first kappa shape index (κ1) is 18.4. The molecule has 0 fully saturated rings. The molecule has 3 heterocycles. The largest absolute Gasteiger partial charge is 0.478 e. The van der Waals surface area contributed by atoms with Crippen LogP contribution < -0.4 is 5.32 Å². The number of nitrogens with zero attached hydrogens (tertiary/aromatic N) is 4. The molecule has 29 heavy (non-hydrogen) atoms. The quantitative estimate of drug-likeness (QED) is 0.662. The number of rotatable bonds is 6. The van der Waals surface area contributed by atoms with Crippen molar-refractivity contribution in [2.75, 3.05) is 0 Å². The number of carboxylic acids is 1. The van der Waals surface area contributed by atoms with E-state index in [1.54, 1.807) is 43.0 Å².